The number of methoxy groups -OCH3 is 3. The number of rotatable bonds is 8. The fourth-order valence-electron chi connectivity index (χ4n) is 4.91. The Morgan fingerprint density at radius 3 is 1.52 bits per heavy atom. The predicted octanol–water partition coefficient (Wildman–Crippen LogP) is 8.13. The summed E-state index contributed by atoms with van der Waals surface area (Å²) in [4.78, 5) is 28.5. The molecule has 0 N–H and O–H groups in total. The first-order chi connectivity index (χ1) is 19.4. The van der Waals surface area contributed by atoms with Crippen LogP contribution in [0.25, 0.3) is 0 Å². The van der Waals surface area contributed by atoms with E-state index in [1.165, 1.54) is 33.5 Å². The molecule has 0 aliphatic carbocycles. The molecule has 3 rings (SSSR count). The Labute approximate surface area is 251 Å². The Hall–Kier alpha value is -3.50. The number of carbonyl (C=O) groups excluding carboxylic acids is 2. The molecule has 0 radical (unpaired) electrons. The highest BCUT2D eigenvalue weighted by molar-refractivity contribution is 7.71. The summed E-state index contributed by atoms with van der Waals surface area (Å²) < 4.78 is 30.2. The standard InChI is InChI=1S/C35H44O6P/c1-33(2,3)21-17-24(34(4,5)6)29(25(18-21)35(7,8)9)31(36)23-15-13-14-16-28(23)42(38)32(37)30-26(40-11)19-22(39-10)20-27(30)41-12/h13-20H,1-12H3/q+1. The highest BCUT2D eigenvalue weighted by Gasteiger charge is 2.42. The lowest BCUT2D eigenvalue weighted by molar-refractivity contribution is 0.103. The second-order valence-corrected chi connectivity index (χ2v) is 15.0. The van der Waals surface area contributed by atoms with Crippen molar-refractivity contribution in [2.45, 2.75) is 78.6 Å². The van der Waals surface area contributed by atoms with Crippen molar-refractivity contribution in [2.75, 3.05) is 21.3 Å². The summed E-state index contributed by atoms with van der Waals surface area (Å²) in [5, 5.41) is 0.169. The van der Waals surface area contributed by atoms with E-state index >= 15 is 0 Å². The highest BCUT2D eigenvalue weighted by Crippen LogP contribution is 2.42. The second kappa shape index (κ2) is 12.0. The molecule has 1 unspecified atom stereocenters. The van der Waals surface area contributed by atoms with Crippen molar-refractivity contribution in [3.8, 4) is 17.2 Å². The fraction of sp³-hybridized carbons (Fsp3) is 0.429. The lowest BCUT2D eigenvalue weighted by Gasteiger charge is -2.33. The van der Waals surface area contributed by atoms with Gasteiger partial charge in [0.1, 0.15) is 17.2 Å². The Morgan fingerprint density at radius 1 is 0.643 bits per heavy atom. The molecule has 1 atom stereocenters. The molecule has 0 bridgehead atoms. The number of ketones is 1. The van der Waals surface area contributed by atoms with Gasteiger partial charge in [-0.3, -0.25) is 4.79 Å². The van der Waals surface area contributed by atoms with Gasteiger partial charge in [-0.05, 0) is 45.1 Å². The maximum absolute atomic E-state index is 14.7. The molecular formula is C35H44O6P+. The van der Waals surface area contributed by atoms with E-state index in [2.05, 4.69) is 74.4 Å². The normalized spacial score (nSPS) is 12.5. The zero-order valence-corrected chi connectivity index (χ0v) is 27.9. The maximum atomic E-state index is 14.7. The molecule has 7 heteroatoms. The molecule has 0 aliphatic heterocycles. The Kier molecular flexibility index (Phi) is 9.44. The van der Waals surface area contributed by atoms with Crippen molar-refractivity contribution in [1.82, 2.24) is 0 Å². The van der Waals surface area contributed by atoms with E-state index < -0.39 is 13.3 Å². The van der Waals surface area contributed by atoms with Gasteiger partial charge in [-0.15, -0.1) is 0 Å². The van der Waals surface area contributed by atoms with E-state index in [-0.39, 0.29) is 50.0 Å². The lowest BCUT2D eigenvalue weighted by atomic mass is 9.71. The molecule has 0 heterocycles. The van der Waals surface area contributed by atoms with E-state index in [1.807, 2.05) is 0 Å². The van der Waals surface area contributed by atoms with Crippen LogP contribution in [0.2, 0.25) is 0 Å². The third-order valence-corrected chi connectivity index (χ3v) is 8.75. The second-order valence-electron chi connectivity index (χ2n) is 13.5. The average molecular weight is 592 g/mol. The van der Waals surface area contributed by atoms with Crippen molar-refractivity contribution >= 4 is 24.4 Å². The molecule has 3 aromatic rings. The van der Waals surface area contributed by atoms with E-state index in [1.54, 1.807) is 24.3 Å². The van der Waals surface area contributed by atoms with Gasteiger partial charge in [-0.25, -0.2) is 4.79 Å². The summed E-state index contributed by atoms with van der Waals surface area (Å²) in [6, 6.07) is 14.0. The molecule has 0 saturated heterocycles. The molecule has 0 fully saturated rings. The van der Waals surface area contributed by atoms with Crippen LogP contribution in [0.15, 0.2) is 48.5 Å². The third-order valence-electron chi connectivity index (χ3n) is 7.33. The van der Waals surface area contributed by atoms with Gasteiger partial charge in [0.15, 0.2) is 11.3 Å². The van der Waals surface area contributed by atoms with Crippen molar-refractivity contribution in [3.63, 3.8) is 0 Å². The van der Waals surface area contributed by atoms with Crippen LogP contribution in [0.3, 0.4) is 0 Å². The zero-order chi connectivity index (χ0) is 31.8. The summed E-state index contributed by atoms with van der Waals surface area (Å²) in [5.41, 5.74) is 2.28. The van der Waals surface area contributed by atoms with Crippen LogP contribution in [0.5, 0.6) is 17.2 Å². The Bertz CT molecular complexity index is 1470. The van der Waals surface area contributed by atoms with Crippen LogP contribution in [-0.4, -0.2) is 32.6 Å². The van der Waals surface area contributed by atoms with Gasteiger partial charge < -0.3 is 14.2 Å². The minimum Gasteiger partial charge on any atom is -0.496 e. The average Bonchev–Trinajstić information content (AvgIpc) is 2.92. The lowest BCUT2D eigenvalue weighted by Crippen LogP contribution is -2.28. The molecule has 0 spiro atoms. The summed E-state index contributed by atoms with van der Waals surface area (Å²) in [6.45, 7) is 19.0. The summed E-state index contributed by atoms with van der Waals surface area (Å²) >= 11 is 0. The summed E-state index contributed by atoms with van der Waals surface area (Å²) in [6.07, 6.45) is 0. The maximum Gasteiger partial charge on any atom is 0.459 e. The van der Waals surface area contributed by atoms with Crippen molar-refractivity contribution in [3.05, 3.63) is 81.9 Å². The van der Waals surface area contributed by atoms with E-state index in [0.717, 1.165) is 16.7 Å². The SMILES string of the molecule is COc1cc(OC)c(C(=O)[P+](=O)c2ccccc2C(=O)c2c(C(C)(C)C)cc(C(C)(C)C)cc2C(C)(C)C)c(OC)c1. The van der Waals surface area contributed by atoms with Crippen molar-refractivity contribution in [2.24, 2.45) is 0 Å². The minimum absolute atomic E-state index is 0.0319. The van der Waals surface area contributed by atoms with E-state index in [4.69, 9.17) is 14.2 Å². The van der Waals surface area contributed by atoms with E-state index in [9.17, 15) is 14.2 Å². The molecule has 42 heavy (non-hydrogen) atoms. The Morgan fingerprint density at radius 2 is 1.12 bits per heavy atom. The number of ether oxygens (including phenoxy) is 3. The number of hydrogen-bond donors (Lipinski definition) is 0. The van der Waals surface area contributed by atoms with Crippen LogP contribution in [0, 0.1) is 0 Å². The minimum atomic E-state index is -2.73. The fourth-order valence-corrected chi connectivity index (χ4v) is 6.17. The molecule has 0 aliphatic rings. The van der Waals surface area contributed by atoms with Gasteiger partial charge in [0.25, 0.3) is 0 Å². The molecule has 0 saturated carbocycles. The monoisotopic (exact) mass is 591 g/mol. The zero-order valence-electron chi connectivity index (χ0n) is 27.0. The number of hydrogen-bond acceptors (Lipinski definition) is 6. The van der Waals surface area contributed by atoms with Gasteiger partial charge >= 0.3 is 13.3 Å². The van der Waals surface area contributed by atoms with Crippen LogP contribution in [-0.2, 0) is 20.8 Å². The molecule has 0 aromatic heterocycles. The molecule has 0 amide bonds. The van der Waals surface area contributed by atoms with Gasteiger partial charge in [0.2, 0.25) is 5.30 Å². The number of benzene rings is 3. The predicted molar refractivity (Wildman–Crippen MR) is 170 cm³/mol. The first-order valence-corrected chi connectivity index (χ1v) is 15.3. The highest BCUT2D eigenvalue weighted by atomic mass is 31.1. The van der Waals surface area contributed by atoms with Gasteiger partial charge in [-0.1, -0.05) is 91.1 Å². The largest absolute Gasteiger partial charge is 0.496 e. The molecular weight excluding hydrogens is 547 g/mol. The van der Waals surface area contributed by atoms with Crippen LogP contribution in [0.4, 0.5) is 0 Å². The quantitative estimate of drug-likeness (QED) is 0.194. The first kappa shape index (κ1) is 33.0. The van der Waals surface area contributed by atoms with Crippen molar-refractivity contribution in [1.29, 1.82) is 0 Å². The topological polar surface area (TPSA) is 78.9 Å². The van der Waals surface area contributed by atoms with Gasteiger partial charge in [0, 0.05) is 17.7 Å². The van der Waals surface area contributed by atoms with Crippen LogP contribution < -0.4 is 19.5 Å². The van der Waals surface area contributed by atoms with Crippen LogP contribution in [0.1, 0.15) is 105 Å². The first-order valence-electron chi connectivity index (χ1n) is 14.0. The molecule has 224 valence electrons. The van der Waals surface area contributed by atoms with E-state index in [0.29, 0.717) is 11.3 Å². The van der Waals surface area contributed by atoms with Gasteiger partial charge in [0.05, 0.1) is 26.9 Å². The van der Waals surface area contributed by atoms with Crippen molar-refractivity contribution < 1.29 is 28.4 Å². The molecule has 3 aromatic carbocycles. The van der Waals surface area contributed by atoms with Crippen LogP contribution >= 0.6 is 7.80 Å². The smallest absolute Gasteiger partial charge is 0.459 e. The Balaban J connectivity index is 2.30. The third kappa shape index (κ3) is 6.60. The molecule has 6 nitrogen and oxygen atoms in total. The summed E-state index contributed by atoms with van der Waals surface area (Å²) in [5.74, 6) is 0.511. The van der Waals surface area contributed by atoms with Gasteiger partial charge in [-0.2, -0.15) is 0 Å². The summed E-state index contributed by atoms with van der Waals surface area (Å²) in [7, 11) is 1.60. The number of carbonyl (C=O) groups is 2.